The van der Waals surface area contributed by atoms with Gasteiger partial charge >= 0.3 is 0 Å². The fourth-order valence-corrected chi connectivity index (χ4v) is 2.66. The van der Waals surface area contributed by atoms with Crippen molar-refractivity contribution < 1.29 is 9.53 Å². The minimum atomic E-state index is 0. The van der Waals surface area contributed by atoms with Gasteiger partial charge in [-0.3, -0.25) is 14.7 Å². The molecule has 2 aliphatic rings. The molecule has 2 fully saturated rings. The number of ether oxygens (including phenoxy) is 1. The van der Waals surface area contributed by atoms with Gasteiger partial charge in [-0.05, 0) is 26.7 Å². The molecule has 3 N–H and O–H groups in total. The Kier molecular flexibility index (Phi) is 9.28. The Morgan fingerprint density at radius 2 is 1.79 bits per heavy atom. The maximum atomic E-state index is 11.6. The van der Waals surface area contributed by atoms with Crippen LogP contribution < -0.4 is 16.0 Å². The molecule has 0 aromatic rings. The quantitative estimate of drug-likeness (QED) is 0.225. The molecule has 2 rings (SSSR count). The van der Waals surface area contributed by atoms with Crippen molar-refractivity contribution in [3.63, 3.8) is 0 Å². The summed E-state index contributed by atoms with van der Waals surface area (Å²) in [6.45, 7) is 10.1. The topological polar surface area (TPSA) is 78.0 Å². The van der Waals surface area contributed by atoms with E-state index in [2.05, 4.69) is 39.7 Å². The second-order valence-corrected chi connectivity index (χ2v) is 6.83. The first-order valence-electron chi connectivity index (χ1n) is 8.58. The molecule has 0 spiro atoms. The zero-order valence-corrected chi connectivity index (χ0v) is 17.4. The molecular formula is C16H32IN5O2. The molecule has 1 saturated heterocycles. The molecule has 1 saturated carbocycles. The largest absolute Gasteiger partial charge is 0.379 e. The Hall–Kier alpha value is -0.610. The number of nitrogens with one attached hydrogen (secondary N) is 3. The second-order valence-electron chi connectivity index (χ2n) is 6.83. The van der Waals surface area contributed by atoms with Crippen LogP contribution in [-0.4, -0.2) is 75.3 Å². The SMILES string of the molecule is CN=C(NCCNC(=O)C1CC1)NCC(C)(C)N1CCOCC1.I. The standard InChI is InChI=1S/C16H31N5O2.HI/c1-16(2,21-8-10-23-11-9-21)12-20-15(17-3)19-7-6-18-14(22)13-4-5-13;/h13H,4-12H2,1-3H3,(H,18,22)(H2,17,19,20);1H. The third-order valence-electron chi connectivity index (χ3n) is 4.44. The van der Waals surface area contributed by atoms with E-state index in [0.29, 0.717) is 13.1 Å². The van der Waals surface area contributed by atoms with Crippen molar-refractivity contribution in [3.05, 3.63) is 0 Å². The molecule has 0 atom stereocenters. The minimum absolute atomic E-state index is 0. The molecule has 0 bridgehead atoms. The van der Waals surface area contributed by atoms with E-state index in [9.17, 15) is 4.79 Å². The van der Waals surface area contributed by atoms with E-state index in [1.165, 1.54) is 0 Å². The molecule has 1 amide bonds. The highest BCUT2D eigenvalue weighted by Gasteiger charge is 2.29. The number of morpholine rings is 1. The third kappa shape index (κ3) is 7.10. The second kappa shape index (κ2) is 10.4. The van der Waals surface area contributed by atoms with E-state index >= 15 is 0 Å². The number of hydrogen-bond donors (Lipinski definition) is 3. The predicted molar refractivity (Wildman–Crippen MR) is 107 cm³/mol. The van der Waals surface area contributed by atoms with E-state index in [0.717, 1.165) is 51.6 Å². The molecule has 1 heterocycles. The van der Waals surface area contributed by atoms with Crippen LogP contribution in [0.5, 0.6) is 0 Å². The number of carbonyl (C=O) groups is 1. The number of rotatable bonds is 7. The van der Waals surface area contributed by atoms with Gasteiger partial charge in [0.2, 0.25) is 5.91 Å². The van der Waals surface area contributed by atoms with Crippen molar-refractivity contribution in [1.82, 2.24) is 20.9 Å². The van der Waals surface area contributed by atoms with Crippen LogP contribution in [0.3, 0.4) is 0 Å². The number of halogens is 1. The van der Waals surface area contributed by atoms with Crippen LogP contribution in [-0.2, 0) is 9.53 Å². The summed E-state index contributed by atoms with van der Waals surface area (Å²) in [5.74, 6) is 1.22. The number of guanidine groups is 1. The van der Waals surface area contributed by atoms with Gasteiger partial charge in [0, 0.05) is 51.2 Å². The minimum Gasteiger partial charge on any atom is -0.379 e. The first-order chi connectivity index (χ1) is 11.0. The van der Waals surface area contributed by atoms with Crippen LogP contribution in [0, 0.1) is 5.92 Å². The zero-order valence-electron chi connectivity index (χ0n) is 15.1. The highest BCUT2D eigenvalue weighted by atomic mass is 127. The molecule has 1 aliphatic heterocycles. The summed E-state index contributed by atoms with van der Waals surface area (Å²) in [5.41, 5.74) is 0.0432. The van der Waals surface area contributed by atoms with Crippen molar-refractivity contribution in [2.45, 2.75) is 32.2 Å². The summed E-state index contributed by atoms with van der Waals surface area (Å²) in [6, 6.07) is 0. The van der Waals surface area contributed by atoms with Gasteiger partial charge in [-0.15, -0.1) is 24.0 Å². The Morgan fingerprint density at radius 3 is 2.38 bits per heavy atom. The Labute approximate surface area is 162 Å². The number of carbonyl (C=O) groups excluding carboxylic acids is 1. The van der Waals surface area contributed by atoms with Crippen molar-refractivity contribution in [1.29, 1.82) is 0 Å². The lowest BCUT2D eigenvalue weighted by molar-refractivity contribution is -0.122. The Balaban J connectivity index is 0.00000288. The van der Waals surface area contributed by atoms with Crippen LogP contribution >= 0.6 is 24.0 Å². The van der Waals surface area contributed by atoms with Crippen molar-refractivity contribution in [2.24, 2.45) is 10.9 Å². The van der Waals surface area contributed by atoms with E-state index in [1.807, 2.05) is 0 Å². The maximum Gasteiger partial charge on any atom is 0.223 e. The van der Waals surface area contributed by atoms with Crippen molar-refractivity contribution >= 4 is 35.8 Å². The van der Waals surface area contributed by atoms with Gasteiger partial charge in [0.05, 0.1) is 13.2 Å². The molecule has 24 heavy (non-hydrogen) atoms. The molecule has 0 aromatic heterocycles. The molecule has 0 radical (unpaired) electrons. The van der Waals surface area contributed by atoms with Gasteiger partial charge in [0.25, 0.3) is 0 Å². The highest BCUT2D eigenvalue weighted by Crippen LogP contribution is 2.28. The van der Waals surface area contributed by atoms with E-state index in [1.54, 1.807) is 7.05 Å². The number of aliphatic imine (C=N–C) groups is 1. The van der Waals surface area contributed by atoms with Gasteiger partial charge < -0.3 is 20.7 Å². The Bertz CT molecular complexity index is 421. The van der Waals surface area contributed by atoms with Crippen LogP contribution in [0.1, 0.15) is 26.7 Å². The summed E-state index contributed by atoms with van der Waals surface area (Å²) in [7, 11) is 1.76. The zero-order chi connectivity index (χ0) is 16.7. The predicted octanol–water partition coefficient (Wildman–Crippen LogP) is 0.406. The summed E-state index contributed by atoms with van der Waals surface area (Å²) in [4.78, 5) is 18.2. The molecule has 7 nitrogen and oxygen atoms in total. The molecule has 140 valence electrons. The third-order valence-corrected chi connectivity index (χ3v) is 4.44. The summed E-state index contributed by atoms with van der Waals surface area (Å²) < 4.78 is 5.41. The van der Waals surface area contributed by atoms with Crippen molar-refractivity contribution in [2.75, 3.05) is 53.0 Å². The van der Waals surface area contributed by atoms with Crippen LogP contribution in [0.25, 0.3) is 0 Å². The van der Waals surface area contributed by atoms with Crippen LogP contribution in [0.4, 0.5) is 0 Å². The molecule has 1 aliphatic carbocycles. The smallest absolute Gasteiger partial charge is 0.223 e. The van der Waals surface area contributed by atoms with Gasteiger partial charge in [-0.1, -0.05) is 0 Å². The molecular weight excluding hydrogens is 421 g/mol. The fraction of sp³-hybridized carbons (Fsp3) is 0.875. The van der Waals surface area contributed by atoms with Gasteiger partial charge in [-0.25, -0.2) is 0 Å². The normalized spacial score (nSPS) is 19.4. The van der Waals surface area contributed by atoms with E-state index < -0.39 is 0 Å². The summed E-state index contributed by atoms with van der Waals surface area (Å²) in [6.07, 6.45) is 2.08. The average Bonchev–Trinajstić information content (AvgIpc) is 3.40. The first-order valence-corrected chi connectivity index (χ1v) is 8.58. The van der Waals surface area contributed by atoms with E-state index in [-0.39, 0.29) is 41.3 Å². The molecule has 0 aromatic carbocycles. The lowest BCUT2D eigenvalue weighted by atomic mass is 10.0. The summed E-state index contributed by atoms with van der Waals surface area (Å²) >= 11 is 0. The maximum absolute atomic E-state index is 11.6. The molecule has 0 unspecified atom stereocenters. The lowest BCUT2D eigenvalue weighted by Crippen LogP contribution is -2.56. The molecule has 8 heteroatoms. The number of nitrogens with zero attached hydrogens (tertiary/aromatic N) is 2. The van der Waals surface area contributed by atoms with Crippen LogP contribution in [0.15, 0.2) is 4.99 Å². The Morgan fingerprint density at radius 1 is 1.17 bits per heavy atom. The monoisotopic (exact) mass is 453 g/mol. The van der Waals surface area contributed by atoms with E-state index in [4.69, 9.17) is 4.74 Å². The number of amides is 1. The lowest BCUT2D eigenvalue weighted by Gasteiger charge is -2.41. The van der Waals surface area contributed by atoms with Gasteiger partial charge in [0.1, 0.15) is 0 Å². The van der Waals surface area contributed by atoms with Crippen LogP contribution in [0.2, 0.25) is 0 Å². The van der Waals surface area contributed by atoms with Gasteiger partial charge in [0.15, 0.2) is 5.96 Å². The van der Waals surface area contributed by atoms with Gasteiger partial charge in [-0.2, -0.15) is 0 Å². The summed E-state index contributed by atoms with van der Waals surface area (Å²) in [5, 5.41) is 9.56. The van der Waals surface area contributed by atoms with Crippen molar-refractivity contribution in [3.8, 4) is 0 Å². The fourth-order valence-electron chi connectivity index (χ4n) is 2.66. The highest BCUT2D eigenvalue weighted by molar-refractivity contribution is 14.0. The first kappa shape index (κ1) is 21.4. The average molecular weight is 453 g/mol. The number of hydrogen-bond acceptors (Lipinski definition) is 4.